The van der Waals surface area contributed by atoms with E-state index in [1.165, 1.54) is 17.3 Å². The minimum absolute atomic E-state index is 0.0711. The fourth-order valence-electron chi connectivity index (χ4n) is 1.70. The maximum absolute atomic E-state index is 11.8. The number of amides is 1. The van der Waals surface area contributed by atoms with Crippen LogP contribution in [0.25, 0.3) is 0 Å². The maximum Gasteiger partial charge on any atom is 0.263 e. The fourth-order valence-corrected chi connectivity index (χ4v) is 1.70. The Balaban J connectivity index is 2.44. The molecular weight excluding hydrogens is 262 g/mol. The van der Waals surface area contributed by atoms with Gasteiger partial charge in [-0.05, 0) is 32.3 Å². The Morgan fingerprint density at radius 3 is 2.62 bits per heavy atom. The molecule has 4 nitrogen and oxygen atoms in total. The third-order valence-corrected chi connectivity index (χ3v) is 3.28. The van der Waals surface area contributed by atoms with Crippen LogP contribution in [-0.4, -0.2) is 18.5 Å². The Morgan fingerprint density at radius 2 is 2.05 bits per heavy atom. The molecule has 0 aromatic heterocycles. The lowest BCUT2D eigenvalue weighted by Crippen LogP contribution is -2.33. The predicted octanol–water partition coefficient (Wildman–Crippen LogP) is 2.45. The van der Waals surface area contributed by atoms with E-state index in [0.717, 1.165) is 12.8 Å². The monoisotopic (exact) mass is 285 g/mol. The molecule has 0 saturated carbocycles. The van der Waals surface area contributed by atoms with Crippen LogP contribution in [0.5, 0.6) is 0 Å². The van der Waals surface area contributed by atoms with Crippen molar-refractivity contribution < 1.29 is 4.79 Å². The van der Waals surface area contributed by atoms with Crippen LogP contribution in [0, 0.1) is 18.3 Å². The maximum atomic E-state index is 11.8. The Morgan fingerprint density at radius 1 is 1.38 bits per heavy atom. The lowest BCUT2D eigenvalue weighted by molar-refractivity contribution is -0.117. The molecule has 1 unspecified atom stereocenters. The number of carbonyl (C=O) groups excluding carboxylic acids is 1. The highest BCUT2D eigenvalue weighted by molar-refractivity contribution is 5.97. The Hall–Kier alpha value is -2.28. The lowest BCUT2D eigenvalue weighted by Gasteiger charge is -2.10. The van der Waals surface area contributed by atoms with Crippen LogP contribution in [0.4, 0.5) is 0 Å². The van der Waals surface area contributed by atoms with E-state index in [2.05, 4.69) is 41.8 Å². The zero-order valence-electron chi connectivity index (χ0n) is 12.9. The highest BCUT2D eigenvalue weighted by atomic mass is 16.1. The van der Waals surface area contributed by atoms with Gasteiger partial charge in [-0.15, -0.1) is 0 Å². The lowest BCUT2D eigenvalue weighted by atomic mass is 10.1. The zero-order valence-corrected chi connectivity index (χ0v) is 12.9. The molecule has 112 valence electrons. The van der Waals surface area contributed by atoms with E-state index in [1.54, 1.807) is 0 Å². The van der Waals surface area contributed by atoms with Crippen molar-refractivity contribution in [3.8, 4) is 6.07 Å². The molecule has 0 aliphatic rings. The number of hydrogen-bond acceptors (Lipinski definition) is 3. The van der Waals surface area contributed by atoms with Crippen molar-refractivity contribution in [1.29, 1.82) is 5.26 Å². The highest BCUT2D eigenvalue weighted by Crippen LogP contribution is 2.03. The molecule has 2 N–H and O–H groups in total. The summed E-state index contributed by atoms with van der Waals surface area (Å²) in [5.74, 6) is -0.324. The van der Waals surface area contributed by atoms with Gasteiger partial charge in [0, 0.05) is 18.8 Å². The van der Waals surface area contributed by atoms with E-state index in [-0.39, 0.29) is 17.5 Å². The summed E-state index contributed by atoms with van der Waals surface area (Å²) in [6.45, 7) is 6.64. The largest absolute Gasteiger partial charge is 0.389 e. The van der Waals surface area contributed by atoms with Crippen LogP contribution in [0.1, 0.15) is 31.4 Å². The van der Waals surface area contributed by atoms with Gasteiger partial charge in [-0.25, -0.2) is 0 Å². The van der Waals surface area contributed by atoms with Gasteiger partial charge in [0.2, 0.25) is 0 Å². The van der Waals surface area contributed by atoms with E-state index in [4.69, 9.17) is 5.26 Å². The van der Waals surface area contributed by atoms with E-state index in [9.17, 15) is 4.79 Å². The van der Waals surface area contributed by atoms with Gasteiger partial charge in [0.05, 0.1) is 0 Å². The number of hydrogen-bond donors (Lipinski definition) is 2. The first-order chi connectivity index (χ1) is 10.1. The van der Waals surface area contributed by atoms with Gasteiger partial charge in [-0.2, -0.15) is 5.26 Å². The molecule has 4 heteroatoms. The number of carbonyl (C=O) groups is 1. The number of benzene rings is 1. The molecule has 1 amide bonds. The van der Waals surface area contributed by atoms with Crippen molar-refractivity contribution >= 4 is 5.91 Å². The summed E-state index contributed by atoms with van der Waals surface area (Å²) in [5, 5.41) is 14.8. The van der Waals surface area contributed by atoms with Crippen molar-refractivity contribution in [2.75, 3.05) is 6.54 Å². The number of rotatable bonds is 7. The molecule has 0 heterocycles. The fraction of sp³-hybridized carbons (Fsp3) is 0.412. The first kappa shape index (κ1) is 16.8. The first-order valence-electron chi connectivity index (χ1n) is 7.26. The normalized spacial score (nSPS) is 12.4. The molecule has 1 atom stereocenters. The molecule has 0 spiro atoms. The van der Waals surface area contributed by atoms with Gasteiger partial charge in [0.1, 0.15) is 11.6 Å². The minimum Gasteiger partial charge on any atom is -0.389 e. The Labute approximate surface area is 126 Å². The number of nitrogens with one attached hydrogen (secondary N) is 2. The van der Waals surface area contributed by atoms with Crippen molar-refractivity contribution in [2.24, 2.45) is 0 Å². The van der Waals surface area contributed by atoms with Crippen molar-refractivity contribution in [3.63, 3.8) is 0 Å². The van der Waals surface area contributed by atoms with Gasteiger partial charge in [0.25, 0.3) is 5.91 Å². The second-order valence-corrected chi connectivity index (χ2v) is 5.14. The molecule has 1 rings (SSSR count). The predicted molar refractivity (Wildman–Crippen MR) is 84.5 cm³/mol. The van der Waals surface area contributed by atoms with Crippen LogP contribution in [0.2, 0.25) is 0 Å². The molecule has 21 heavy (non-hydrogen) atoms. The summed E-state index contributed by atoms with van der Waals surface area (Å²) in [4.78, 5) is 11.8. The first-order valence-corrected chi connectivity index (χ1v) is 7.26. The summed E-state index contributed by atoms with van der Waals surface area (Å²) in [7, 11) is 0. The van der Waals surface area contributed by atoms with Crippen LogP contribution in [0.15, 0.2) is 36.0 Å². The second kappa shape index (κ2) is 8.80. The van der Waals surface area contributed by atoms with E-state index in [1.807, 2.05) is 19.9 Å². The number of nitrogens with zero attached hydrogens (tertiary/aromatic N) is 1. The van der Waals surface area contributed by atoms with Crippen LogP contribution in [0.3, 0.4) is 0 Å². The molecule has 1 aromatic carbocycles. The summed E-state index contributed by atoms with van der Waals surface area (Å²) < 4.78 is 0. The molecule has 0 aliphatic carbocycles. The van der Waals surface area contributed by atoms with Crippen molar-refractivity contribution in [2.45, 2.75) is 39.7 Å². The molecule has 0 aliphatic heterocycles. The van der Waals surface area contributed by atoms with Crippen molar-refractivity contribution in [3.05, 3.63) is 47.2 Å². The molecule has 0 fully saturated rings. The Kier molecular flexibility index (Phi) is 7.03. The quantitative estimate of drug-likeness (QED) is 0.459. The van der Waals surface area contributed by atoms with E-state index < -0.39 is 0 Å². The van der Waals surface area contributed by atoms with Gasteiger partial charge in [-0.3, -0.25) is 4.79 Å². The SMILES string of the molecule is CCC(C)NC(=O)/C(C#N)=C\NCCc1ccc(C)cc1. The van der Waals surface area contributed by atoms with Gasteiger partial charge in [-0.1, -0.05) is 36.8 Å². The van der Waals surface area contributed by atoms with Gasteiger partial charge in [0.15, 0.2) is 0 Å². The molecule has 1 aromatic rings. The summed E-state index contributed by atoms with van der Waals surface area (Å²) in [5.41, 5.74) is 2.57. The number of aryl methyl sites for hydroxylation is 1. The molecule has 0 bridgehead atoms. The average molecular weight is 285 g/mol. The standard InChI is InChI=1S/C17H23N3O/c1-4-14(3)20-17(21)16(11-18)12-19-10-9-15-7-5-13(2)6-8-15/h5-8,12,14,19H,4,9-10H2,1-3H3,(H,20,21)/b16-12-. The topological polar surface area (TPSA) is 64.9 Å². The van der Waals surface area contributed by atoms with E-state index >= 15 is 0 Å². The second-order valence-electron chi connectivity index (χ2n) is 5.14. The van der Waals surface area contributed by atoms with Crippen molar-refractivity contribution in [1.82, 2.24) is 10.6 Å². The molecular formula is C17H23N3O. The van der Waals surface area contributed by atoms with Gasteiger partial charge < -0.3 is 10.6 Å². The van der Waals surface area contributed by atoms with Crippen LogP contribution < -0.4 is 10.6 Å². The minimum atomic E-state index is -0.324. The zero-order chi connectivity index (χ0) is 15.7. The van der Waals surface area contributed by atoms with Crippen LogP contribution in [-0.2, 0) is 11.2 Å². The number of nitriles is 1. The molecule has 0 radical (unpaired) electrons. The summed E-state index contributed by atoms with van der Waals surface area (Å²) >= 11 is 0. The summed E-state index contributed by atoms with van der Waals surface area (Å²) in [6, 6.07) is 10.3. The van der Waals surface area contributed by atoms with Crippen LogP contribution >= 0.6 is 0 Å². The van der Waals surface area contributed by atoms with E-state index in [0.29, 0.717) is 6.54 Å². The third kappa shape index (κ3) is 6.13. The Bertz CT molecular complexity index is 526. The van der Waals surface area contributed by atoms with Gasteiger partial charge >= 0.3 is 0 Å². The smallest absolute Gasteiger partial charge is 0.263 e. The highest BCUT2D eigenvalue weighted by Gasteiger charge is 2.10. The summed E-state index contributed by atoms with van der Waals surface area (Å²) in [6.07, 6.45) is 3.18. The average Bonchev–Trinajstić information content (AvgIpc) is 2.48. The molecule has 0 saturated heterocycles. The third-order valence-electron chi connectivity index (χ3n) is 3.28.